The van der Waals surface area contributed by atoms with Crippen LogP contribution in [-0.4, -0.2) is 14.8 Å². The van der Waals surface area contributed by atoms with Gasteiger partial charge < -0.3 is 9.80 Å². The van der Waals surface area contributed by atoms with Gasteiger partial charge in [0, 0.05) is 34.1 Å². The van der Waals surface area contributed by atoms with Gasteiger partial charge in [-0.05, 0) is 138 Å². The largest absolute Gasteiger partial charge is 0.311 e. The molecule has 0 bridgehead atoms. The molecule has 0 aromatic heterocycles. The predicted octanol–water partition coefficient (Wildman–Crippen LogP) is 12.0. The van der Waals surface area contributed by atoms with Crippen LogP contribution < -0.4 is 46.9 Å². The first kappa shape index (κ1) is 43.4. The number of benzene rings is 9. The first-order valence-electron chi connectivity index (χ1n) is 24.3. The number of hydrogen-bond acceptors (Lipinski definition) is 2. The number of para-hydroxylation sites is 1. The minimum Gasteiger partial charge on any atom is -0.311 e. The van der Waals surface area contributed by atoms with Crippen molar-refractivity contribution in [1.82, 2.24) is 0 Å². The molecule has 2 aliphatic rings. The lowest BCUT2D eigenvalue weighted by Crippen LogP contribution is -2.75. The summed E-state index contributed by atoms with van der Waals surface area (Å²) in [4.78, 5) is 5.22. The number of rotatable bonds is 7. The molecular formula is C64H59BN2Si. The highest BCUT2D eigenvalue weighted by Gasteiger charge is 2.47. The van der Waals surface area contributed by atoms with Crippen LogP contribution in [0.4, 0.5) is 34.1 Å². The van der Waals surface area contributed by atoms with E-state index < -0.39 is 8.07 Å². The van der Waals surface area contributed by atoms with E-state index in [4.69, 9.17) is 0 Å². The number of aryl methyl sites for hydroxylation is 2. The van der Waals surface area contributed by atoms with Gasteiger partial charge in [-0.3, -0.25) is 0 Å². The molecule has 0 fully saturated rings. The summed E-state index contributed by atoms with van der Waals surface area (Å²) in [6, 6.07) is 80.9. The first-order valence-corrected chi connectivity index (χ1v) is 26.3. The molecule has 0 saturated heterocycles. The van der Waals surface area contributed by atoms with Crippen molar-refractivity contribution < 1.29 is 0 Å². The van der Waals surface area contributed by atoms with Crippen molar-refractivity contribution in [2.75, 3.05) is 9.80 Å². The van der Waals surface area contributed by atoms with Gasteiger partial charge in [0.2, 0.25) is 0 Å². The van der Waals surface area contributed by atoms with Crippen molar-refractivity contribution in [3.05, 3.63) is 235 Å². The van der Waals surface area contributed by atoms with Gasteiger partial charge in [-0.25, -0.2) is 0 Å². The summed E-state index contributed by atoms with van der Waals surface area (Å²) in [7, 11) is -2.91. The summed E-state index contributed by atoms with van der Waals surface area (Å²) in [5.41, 5.74) is 18.8. The number of nitrogens with zero attached hydrogens (tertiary/aromatic N) is 2. The molecular weight excluding hydrogens is 836 g/mol. The van der Waals surface area contributed by atoms with Crippen molar-refractivity contribution in [2.45, 2.75) is 66.2 Å². The molecule has 2 heterocycles. The van der Waals surface area contributed by atoms with Crippen molar-refractivity contribution >= 4 is 86.0 Å². The second kappa shape index (κ2) is 16.6. The Labute approximate surface area is 405 Å². The van der Waals surface area contributed by atoms with Crippen LogP contribution in [0.25, 0.3) is 11.1 Å². The van der Waals surface area contributed by atoms with Gasteiger partial charge in [0.1, 0.15) is 0 Å². The molecule has 0 amide bonds. The maximum atomic E-state index is 2.65. The monoisotopic (exact) mass is 894 g/mol. The van der Waals surface area contributed by atoms with Gasteiger partial charge in [-0.15, -0.1) is 0 Å². The summed E-state index contributed by atoms with van der Waals surface area (Å²) in [5.74, 6) is 0. The maximum Gasteiger partial charge on any atom is 0.252 e. The Hall–Kier alpha value is -7.14. The molecule has 0 spiro atoms. The highest BCUT2D eigenvalue weighted by Crippen LogP contribution is 2.48. The first-order chi connectivity index (χ1) is 32.8. The van der Waals surface area contributed by atoms with Crippen molar-refractivity contribution in [2.24, 2.45) is 0 Å². The molecule has 0 unspecified atom stereocenters. The normalized spacial score (nSPS) is 13.2. The summed E-state index contributed by atoms with van der Waals surface area (Å²) in [6.07, 6.45) is 0. The smallest absolute Gasteiger partial charge is 0.252 e. The fourth-order valence-corrected chi connectivity index (χ4v) is 16.2. The average molecular weight is 895 g/mol. The number of anilines is 6. The molecule has 4 heteroatoms. The fourth-order valence-electron chi connectivity index (χ4n) is 11.4. The van der Waals surface area contributed by atoms with E-state index in [0.29, 0.717) is 0 Å². The molecule has 0 saturated carbocycles. The van der Waals surface area contributed by atoms with E-state index in [1.165, 1.54) is 105 Å². The highest BCUT2D eigenvalue weighted by molar-refractivity contribution is 7.20. The Morgan fingerprint density at radius 1 is 0.368 bits per heavy atom. The van der Waals surface area contributed by atoms with Gasteiger partial charge in [0.05, 0.1) is 0 Å². The lowest BCUT2D eigenvalue weighted by molar-refractivity contribution is 0.590. The molecule has 0 N–H and O–H groups in total. The van der Waals surface area contributed by atoms with Crippen LogP contribution in [0.2, 0.25) is 0 Å². The van der Waals surface area contributed by atoms with Crippen LogP contribution in [0, 0.1) is 13.8 Å². The maximum absolute atomic E-state index is 2.91. The molecule has 2 aliphatic heterocycles. The minimum atomic E-state index is -2.91. The zero-order valence-corrected chi connectivity index (χ0v) is 41.7. The summed E-state index contributed by atoms with van der Waals surface area (Å²) >= 11 is 0. The molecule has 9 aromatic rings. The Balaban J connectivity index is 1.26. The number of fused-ring (bicyclic) bond motifs is 4. The lowest BCUT2D eigenvalue weighted by Gasteiger charge is -2.46. The third-order valence-corrected chi connectivity index (χ3v) is 19.4. The Bertz CT molecular complexity index is 3240. The lowest BCUT2D eigenvalue weighted by atomic mass is 9.33. The molecule has 0 atom stereocenters. The van der Waals surface area contributed by atoms with E-state index in [1.54, 1.807) is 0 Å². The minimum absolute atomic E-state index is 0.0416. The molecule has 9 aromatic carbocycles. The van der Waals surface area contributed by atoms with Gasteiger partial charge in [0.15, 0.2) is 8.07 Å². The quantitative estimate of drug-likeness (QED) is 0.116. The second-order valence-electron chi connectivity index (χ2n) is 21.1. The summed E-state index contributed by atoms with van der Waals surface area (Å²) in [6.45, 7) is 18.6. The van der Waals surface area contributed by atoms with Crippen LogP contribution in [0.1, 0.15) is 63.8 Å². The SMILES string of the molecule is Cc1cc2c3c(c1)N(c1ccccc1C(C)(C)C)c1ccc([Si](c4ccccc4)(c4ccccc4)c4ccccc4)cc1B3c1cc(C(C)(C)C)ccc1N2c1ccc(-c2ccccc2)cc1C. The van der Waals surface area contributed by atoms with Crippen molar-refractivity contribution in [1.29, 1.82) is 0 Å². The van der Waals surface area contributed by atoms with Gasteiger partial charge in [-0.2, -0.15) is 0 Å². The molecule has 2 nitrogen and oxygen atoms in total. The zero-order chi connectivity index (χ0) is 47.0. The zero-order valence-electron chi connectivity index (χ0n) is 40.7. The topological polar surface area (TPSA) is 6.48 Å². The Morgan fingerprint density at radius 3 is 1.40 bits per heavy atom. The van der Waals surface area contributed by atoms with Crippen LogP contribution in [-0.2, 0) is 10.8 Å². The molecule has 0 aliphatic carbocycles. The fraction of sp³-hybridized carbons (Fsp3) is 0.156. The highest BCUT2D eigenvalue weighted by atomic mass is 28.3. The van der Waals surface area contributed by atoms with Crippen LogP contribution in [0.3, 0.4) is 0 Å². The van der Waals surface area contributed by atoms with E-state index in [9.17, 15) is 0 Å². The summed E-state index contributed by atoms with van der Waals surface area (Å²) < 4.78 is 0. The van der Waals surface area contributed by atoms with E-state index >= 15 is 0 Å². The molecule has 332 valence electrons. The van der Waals surface area contributed by atoms with Gasteiger partial charge in [-0.1, -0.05) is 211 Å². The van der Waals surface area contributed by atoms with Gasteiger partial charge >= 0.3 is 0 Å². The van der Waals surface area contributed by atoms with Crippen LogP contribution in [0.5, 0.6) is 0 Å². The second-order valence-corrected chi connectivity index (χ2v) is 24.9. The third kappa shape index (κ3) is 7.08. The molecule has 68 heavy (non-hydrogen) atoms. The van der Waals surface area contributed by atoms with Crippen molar-refractivity contribution in [3.8, 4) is 11.1 Å². The van der Waals surface area contributed by atoms with E-state index in [1.807, 2.05) is 0 Å². The molecule has 11 rings (SSSR count). The van der Waals surface area contributed by atoms with Crippen LogP contribution in [0.15, 0.2) is 212 Å². The van der Waals surface area contributed by atoms with E-state index in [2.05, 4.69) is 278 Å². The van der Waals surface area contributed by atoms with E-state index in [0.717, 1.165) is 0 Å². The summed E-state index contributed by atoms with van der Waals surface area (Å²) in [5, 5.41) is 5.50. The predicted molar refractivity (Wildman–Crippen MR) is 296 cm³/mol. The van der Waals surface area contributed by atoms with E-state index in [-0.39, 0.29) is 17.5 Å². The van der Waals surface area contributed by atoms with Crippen LogP contribution >= 0.6 is 0 Å². The third-order valence-electron chi connectivity index (χ3n) is 14.6. The Morgan fingerprint density at radius 2 is 0.853 bits per heavy atom. The molecule has 0 radical (unpaired) electrons. The standard InChI is InChI=1S/C64H59BN2Si/c1-44-39-60-62-61(40-44)67(57-32-22-21-31-53(57)64(6,7)8)59-38-35-52(68(49-25-15-10-16-26-49,50-27-17-11-18-28-50)51-29-19-12-20-30-51)43-55(59)65(62)54-42-48(63(3,4)5)34-37-58(54)66(60)56-36-33-47(41-45(56)2)46-23-13-9-14-24-46/h9-43H,1-8H3. The Kier molecular flexibility index (Phi) is 10.6. The number of hydrogen-bond donors (Lipinski definition) is 0. The van der Waals surface area contributed by atoms with Gasteiger partial charge in [0.25, 0.3) is 6.71 Å². The van der Waals surface area contributed by atoms with Crippen molar-refractivity contribution in [3.63, 3.8) is 0 Å². The average Bonchev–Trinajstić information content (AvgIpc) is 3.35.